The molecule has 25 heavy (non-hydrogen) atoms. The number of aliphatic carboxylic acids is 1. The molecular weight excluding hydrogens is 318 g/mol. The van der Waals surface area contributed by atoms with E-state index in [1.54, 1.807) is 19.2 Å². The van der Waals surface area contributed by atoms with Crippen LogP contribution in [0.25, 0.3) is 0 Å². The van der Waals surface area contributed by atoms with Gasteiger partial charge in [0.1, 0.15) is 5.75 Å². The Bertz CT molecular complexity index is 770. The average molecular weight is 341 g/mol. The number of para-hydroxylation sites is 1. The summed E-state index contributed by atoms with van der Waals surface area (Å²) in [6.07, 6.45) is 0.284. The normalized spacial score (nSPS) is 11.6. The van der Waals surface area contributed by atoms with Gasteiger partial charge in [0.2, 0.25) is 0 Å². The molecule has 0 saturated heterocycles. The van der Waals surface area contributed by atoms with E-state index in [0.717, 1.165) is 16.7 Å². The maximum Gasteiger partial charge on any atom is 0.308 e. The van der Waals surface area contributed by atoms with E-state index in [0.29, 0.717) is 11.3 Å². The first-order chi connectivity index (χ1) is 11.9. The maximum atomic E-state index is 12.4. The molecule has 0 bridgehead atoms. The second-order valence-electron chi connectivity index (χ2n) is 6.08. The third-order valence-corrected chi connectivity index (χ3v) is 4.14. The van der Waals surface area contributed by atoms with Crippen molar-refractivity contribution in [3.05, 3.63) is 64.7 Å². The van der Waals surface area contributed by atoms with Crippen LogP contribution in [0, 0.1) is 19.8 Å². The van der Waals surface area contributed by atoms with Crippen molar-refractivity contribution in [3.63, 3.8) is 0 Å². The minimum absolute atomic E-state index is 0.0551. The van der Waals surface area contributed by atoms with E-state index in [9.17, 15) is 14.7 Å². The molecule has 2 aromatic carbocycles. The number of aryl methyl sites for hydroxylation is 2. The summed E-state index contributed by atoms with van der Waals surface area (Å²) >= 11 is 0. The number of nitrogens with one attached hydrogen (secondary N) is 1. The van der Waals surface area contributed by atoms with Gasteiger partial charge in [-0.05, 0) is 43.5 Å². The van der Waals surface area contributed by atoms with Gasteiger partial charge in [-0.15, -0.1) is 0 Å². The first kappa shape index (κ1) is 18.5. The Morgan fingerprint density at radius 2 is 1.88 bits per heavy atom. The molecule has 1 atom stereocenters. The van der Waals surface area contributed by atoms with Gasteiger partial charge in [-0.1, -0.05) is 35.9 Å². The summed E-state index contributed by atoms with van der Waals surface area (Å²) in [6.45, 7) is 3.88. The molecular formula is C20H23NO4. The molecule has 0 heterocycles. The first-order valence-corrected chi connectivity index (χ1v) is 8.12. The highest BCUT2D eigenvalue weighted by Crippen LogP contribution is 2.21. The molecule has 0 radical (unpaired) electrons. The molecule has 5 nitrogen and oxygen atoms in total. The van der Waals surface area contributed by atoms with Gasteiger partial charge in [0.05, 0.1) is 13.0 Å². The van der Waals surface area contributed by atoms with Crippen molar-refractivity contribution >= 4 is 11.9 Å². The number of hydrogen-bond acceptors (Lipinski definition) is 3. The molecule has 0 aliphatic rings. The van der Waals surface area contributed by atoms with Gasteiger partial charge in [0.15, 0.2) is 0 Å². The molecule has 5 heteroatoms. The topological polar surface area (TPSA) is 75.6 Å². The van der Waals surface area contributed by atoms with E-state index in [1.165, 1.54) is 0 Å². The molecule has 132 valence electrons. The van der Waals surface area contributed by atoms with Crippen LogP contribution in [0.15, 0.2) is 42.5 Å². The van der Waals surface area contributed by atoms with Crippen LogP contribution in [0.4, 0.5) is 0 Å². The van der Waals surface area contributed by atoms with E-state index < -0.39 is 11.9 Å². The van der Waals surface area contributed by atoms with Crippen LogP contribution in [0.5, 0.6) is 5.75 Å². The predicted octanol–water partition coefficient (Wildman–Crippen LogP) is 2.99. The summed E-state index contributed by atoms with van der Waals surface area (Å²) in [5.41, 5.74) is 3.31. The number of methoxy groups -OCH3 is 1. The highest BCUT2D eigenvalue weighted by atomic mass is 16.5. The molecule has 0 saturated carbocycles. The van der Waals surface area contributed by atoms with Crippen molar-refractivity contribution in [2.45, 2.75) is 20.3 Å². The van der Waals surface area contributed by atoms with Crippen molar-refractivity contribution in [2.24, 2.45) is 5.92 Å². The lowest BCUT2D eigenvalue weighted by Crippen LogP contribution is -2.34. The fourth-order valence-electron chi connectivity index (χ4n) is 2.76. The smallest absolute Gasteiger partial charge is 0.308 e. The van der Waals surface area contributed by atoms with Gasteiger partial charge in [-0.3, -0.25) is 9.59 Å². The van der Waals surface area contributed by atoms with Crippen LogP contribution in [0.2, 0.25) is 0 Å². The van der Waals surface area contributed by atoms with E-state index in [4.69, 9.17) is 4.74 Å². The van der Waals surface area contributed by atoms with Crippen molar-refractivity contribution in [1.29, 1.82) is 0 Å². The highest BCUT2D eigenvalue weighted by molar-refractivity contribution is 5.95. The van der Waals surface area contributed by atoms with Crippen molar-refractivity contribution in [2.75, 3.05) is 13.7 Å². The second kappa shape index (κ2) is 8.33. The zero-order valence-corrected chi connectivity index (χ0v) is 14.7. The van der Waals surface area contributed by atoms with Gasteiger partial charge in [-0.2, -0.15) is 0 Å². The van der Waals surface area contributed by atoms with Crippen LogP contribution in [0.3, 0.4) is 0 Å². The van der Waals surface area contributed by atoms with Gasteiger partial charge < -0.3 is 15.2 Å². The molecule has 0 aliphatic carbocycles. The molecule has 0 fully saturated rings. The van der Waals surface area contributed by atoms with E-state index in [-0.39, 0.29) is 18.9 Å². The quantitative estimate of drug-likeness (QED) is 0.812. The SMILES string of the molecule is COc1ccccc1CC(CNC(=O)c1ccc(C)cc1C)C(=O)O. The number of ether oxygens (including phenoxy) is 1. The third-order valence-electron chi connectivity index (χ3n) is 4.14. The van der Waals surface area contributed by atoms with Crippen molar-refractivity contribution < 1.29 is 19.4 Å². The largest absolute Gasteiger partial charge is 0.496 e. The van der Waals surface area contributed by atoms with Gasteiger partial charge in [0, 0.05) is 12.1 Å². The van der Waals surface area contributed by atoms with Gasteiger partial charge in [-0.25, -0.2) is 0 Å². The fraction of sp³-hybridized carbons (Fsp3) is 0.300. The summed E-state index contributed by atoms with van der Waals surface area (Å²) in [6, 6.07) is 12.9. The fourth-order valence-corrected chi connectivity index (χ4v) is 2.76. The Labute approximate surface area is 147 Å². The Hall–Kier alpha value is -2.82. The van der Waals surface area contributed by atoms with Crippen LogP contribution in [0.1, 0.15) is 27.0 Å². The Morgan fingerprint density at radius 3 is 2.52 bits per heavy atom. The number of hydrogen-bond donors (Lipinski definition) is 2. The number of carbonyl (C=O) groups excluding carboxylic acids is 1. The zero-order chi connectivity index (χ0) is 18.4. The molecule has 0 spiro atoms. The summed E-state index contributed by atoms with van der Waals surface area (Å²) in [5.74, 6) is -1.30. The summed E-state index contributed by atoms with van der Waals surface area (Å²) in [5, 5.41) is 12.2. The average Bonchev–Trinajstić information content (AvgIpc) is 2.58. The third kappa shape index (κ3) is 4.83. The Morgan fingerprint density at radius 1 is 1.16 bits per heavy atom. The molecule has 1 unspecified atom stereocenters. The second-order valence-corrected chi connectivity index (χ2v) is 6.08. The number of amides is 1. The van der Waals surface area contributed by atoms with E-state index in [1.807, 2.05) is 44.2 Å². The van der Waals surface area contributed by atoms with E-state index >= 15 is 0 Å². The minimum Gasteiger partial charge on any atom is -0.496 e. The number of carboxylic acid groups (broad SMARTS) is 1. The minimum atomic E-state index is -0.952. The Kier molecular flexibility index (Phi) is 6.17. The van der Waals surface area contributed by atoms with Crippen molar-refractivity contribution in [1.82, 2.24) is 5.32 Å². The monoisotopic (exact) mass is 341 g/mol. The number of rotatable bonds is 7. The number of carbonyl (C=O) groups is 2. The predicted molar refractivity (Wildman–Crippen MR) is 96.1 cm³/mol. The first-order valence-electron chi connectivity index (χ1n) is 8.12. The van der Waals surface area contributed by atoms with Crippen LogP contribution < -0.4 is 10.1 Å². The number of carboxylic acids is 1. The summed E-state index contributed by atoms with van der Waals surface area (Å²) < 4.78 is 5.27. The molecule has 0 aliphatic heterocycles. The van der Waals surface area contributed by atoms with Crippen LogP contribution >= 0.6 is 0 Å². The number of benzene rings is 2. The lowest BCUT2D eigenvalue weighted by Gasteiger charge is -2.16. The van der Waals surface area contributed by atoms with Crippen molar-refractivity contribution in [3.8, 4) is 5.75 Å². The molecule has 2 aromatic rings. The summed E-state index contributed by atoms with van der Waals surface area (Å²) in [7, 11) is 1.55. The van der Waals surface area contributed by atoms with Crippen LogP contribution in [-0.4, -0.2) is 30.6 Å². The molecule has 1 amide bonds. The lowest BCUT2D eigenvalue weighted by molar-refractivity contribution is -0.141. The Balaban J connectivity index is 2.07. The standard InChI is InChI=1S/C20H23NO4/c1-13-8-9-17(14(2)10-13)19(22)21-12-16(20(23)24)11-15-6-4-5-7-18(15)25-3/h4-10,16H,11-12H2,1-3H3,(H,21,22)(H,23,24). The van der Waals surface area contributed by atoms with Gasteiger partial charge in [0.25, 0.3) is 5.91 Å². The maximum absolute atomic E-state index is 12.4. The molecule has 2 N–H and O–H groups in total. The highest BCUT2D eigenvalue weighted by Gasteiger charge is 2.21. The molecule has 2 rings (SSSR count). The van der Waals surface area contributed by atoms with Gasteiger partial charge >= 0.3 is 5.97 Å². The van der Waals surface area contributed by atoms with E-state index in [2.05, 4.69) is 5.32 Å². The lowest BCUT2D eigenvalue weighted by atomic mass is 9.98. The van der Waals surface area contributed by atoms with Crippen LogP contribution in [-0.2, 0) is 11.2 Å². The molecule has 0 aromatic heterocycles. The summed E-state index contributed by atoms with van der Waals surface area (Å²) in [4.78, 5) is 23.9. The zero-order valence-electron chi connectivity index (χ0n) is 14.7.